The molecule has 0 saturated carbocycles. The van der Waals surface area contributed by atoms with Crippen molar-refractivity contribution in [2.75, 3.05) is 27.4 Å². The lowest BCUT2D eigenvalue weighted by Gasteiger charge is -2.26. The van der Waals surface area contributed by atoms with Crippen LogP contribution in [0, 0.1) is 0 Å². The molecule has 28 heavy (non-hydrogen) atoms. The summed E-state index contributed by atoms with van der Waals surface area (Å²) in [7, 11) is 3.30. The van der Waals surface area contributed by atoms with Crippen molar-refractivity contribution < 1.29 is 14.3 Å². The topological polar surface area (TPSA) is 80.3 Å². The van der Waals surface area contributed by atoms with Crippen molar-refractivity contribution >= 4 is 5.91 Å². The van der Waals surface area contributed by atoms with Crippen LogP contribution < -0.4 is 4.74 Å². The van der Waals surface area contributed by atoms with E-state index in [4.69, 9.17) is 9.47 Å². The lowest BCUT2D eigenvalue weighted by molar-refractivity contribution is 0.0723. The highest BCUT2D eigenvalue weighted by Crippen LogP contribution is 2.42. The number of amides is 1. The second-order valence-electron chi connectivity index (χ2n) is 6.63. The van der Waals surface area contributed by atoms with Gasteiger partial charge in [-0.05, 0) is 30.2 Å². The molecule has 0 saturated heterocycles. The van der Waals surface area contributed by atoms with Gasteiger partial charge in [-0.1, -0.05) is 18.2 Å². The maximum Gasteiger partial charge on any atom is 0.273 e. The number of aromatic nitrogens is 3. The second kappa shape index (κ2) is 7.82. The largest absolute Gasteiger partial charge is 0.497 e. The minimum Gasteiger partial charge on any atom is -0.497 e. The van der Waals surface area contributed by atoms with E-state index in [0.717, 1.165) is 34.6 Å². The summed E-state index contributed by atoms with van der Waals surface area (Å²) in [6.45, 7) is 1.19. The number of carbonyl (C=O) groups excluding carboxylic acids is 1. The summed E-state index contributed by atoms with van der Waals surface area (Å²) in [6.07, 6.45) is 4.29. The van der Waals surface area contributed by atoms with Gasteiger partial charge in [0.2, 0.25) is 0 Å². The van der Waals surface area contributed by atoms with Crippen molar-refractivity contribution in [1.29, 1.82) is 0 Å². The molecule has 1 aliphatic heterocycles. The highest BCUT2D eigenvalue weighted by Gasteiger charge is 2.41. The number of benzene rings is 1. The quantitative estimate of drug-likeness (QED) is 0.639. The first-order valence-electron chi connectivity index (χ1n) is 9.17. The van der Waals surface area contributed by atoms with Gasteiger partial charge in [0.15, 0.2) is 0 Å². The first kappa shape index (κ1) is 18.2. The number of hydrogen-bond donors (Lipinski definition) is 1. The lowest BCUT2D eigenvalue weighted by atomic mass is 9.97. The van der Waals surface area contributed by atoms with E-state index in [0.29, 0.717) is 18.8 Å². The molecule has 0 radical (unpaired) electrons. The molecule has 3 heterocycles. The van der Waals surface area contributed by atoms with Gasteiger partial charge in [-0.3, -0.25) is 14.9 Å². The molecule has 1 aromatic carbocycles. The fourth-order valence-corrected chi connectivity index (χ4v) is 3.68. The number of methoxy groups -OCH3 is 2. The van der Waals surface area contributed by atoms with Crippen molar-refractivity contribution in [3.8, 4) is 17.0 Å². The molecule has 1 atom stereocenters. The van der Waals surface area contributed by atoms with Crippen LogP contribution in [0.4, 0.5) is 0 Å². The third-order valence-corrected chi connectivity index (χ3v) is 4.95. The molecule has 0 spiro atoms. The van der Waals surface area contributed by atoms with E-state index in [2.05, 4.69) is 15.2 Å². The van der Waals surface area contributed by atoms with Crippen LogP contribution in [0.2, 0.25) is 0 Å². The van der Waals surface area contributed by atoms with Gasteiger partial charge in [0, 0.05) is 43.8 Å². The predicted molar refractivity (Wildman–Crippen MR) is 104 cm³/mol. The second-order valence-corrected chi connectivity index (χ2v) is 6.63. The van der Waals surface area contributed by atoms with Crippen LogP contribution in [0.3, 0.4) is 0 Å². The maximum absolute atomic E-state index is 13.1. The molecule has 7 heteroatoms. The number of hydrogen-bond acceptors (Lipinski definition) is 5. The van der Waals surface area contributed by atoms with Gasteiger partial charge in [-0.2, -0.15) is 5.10 Å². The van der Waals surface area contributed by atoms with E-state index in [1.165, 1.54) is 0 Å². The third kappa shape index (κ3) is 3.14. The fourth-order valence-electron chi connectivity index (χ4n) is 3.68. The Labute approximate surface area is 163 Å². The van der Waals surface area contributed by atoms with Crippen LogP contribution in [0.15, 0.2) is 48.8 Å². The van der Waals surface area contributed by atoms with E-state index >= 15 is 0 Å². The number of ether oxygens (including phenoxy) is 2. The zero-order chi connectivity index (χ0) is 19.5. The van der Waals surface area contributed by atoms with Crippen molar-refractivity contribution in [3.05, 3.63) is 65.6 Å². The van der Waals surface area contributed by atoms with Crippen LogP contribution in [0.5, 0.6) is 5.75 Å². The van der Waals surface area contributed by atoms with Gasteiger partial charge < -0.3 is 14.4 Å². The SMILES string of the molecule is COCCCN1C(=O)c2[nH]nc(-c3cccc(OC)c3)c2C1c1cccnc1. The predicted octanol–water partition coefficient (Wildman–Crippen LogP) is 3.06. The Kier molecular flexibility index (Phi) is 5.08. The van der Waals surface area contributed by atoms with Gasteiger partial charge in [-0.15, -0.1) is 0 Å². The minimum absolute atomic E-state index is 0.0541. The van der Waals surface area contributed by atoms with Gasteiger partial charge in [0.1, 0.15) is 11.4 Å². The summed E-state index contributed by atoms with van der Waals surface area (Å²) in [4.78, 5) is 19.2. The Morgan fingerprint density at radius 3 is 2.86 bits per heavy atom. The number of fused-ring (bicyclic) bond motifs is 1. The molecule has 3 aromatic rings. The Balaban J connectivity index is 1.81. The summed E-state index contributed by atoms with van der Waals surface area (Å²) in [5.41, 5.74) is 4.02. The normalized spacial score (nSPS) is 15.7. The number of rotatable bonds is 7. The highest BCUT2D eigenvalue weighted by molar-refractivity contribution is 6.00. The molecule has 4 rings (SSSR count). The van der Waals surface area contributed by atoms with Crippen LogP contribution in [0.25, 0.3) is 11.3 Å². The van der Waals surface area contributed by atoms with Gasteiger partial charge in [0.05, 0.1) is 18.8 Å². The van der Waals surface area contributed by atoms with Crippen LogP contribution in [-0.2, 0) is 4.74 Å². The average Bonchev–Trinajstić information content (AvgIpc) is 3.28. The number of aromatic amines is 1. The van der Waals surface area contributed by atoms with Gasteiger partial charge >= 0.3 is 0 Å². The number of H-pyrrole nitrogens is 1. The molecular weight excluding hydrogens is 356 g/mol. The molecule has 0 bridgehead atoms. The Morgan fingerprint density at radius 2 is 2.11 bits per heavy atom. The smallest absolute Gasteiger partial charge is 0.273 e. The third-order valence-electron chi connectivity index (χ3n) is 4.95. The number of pyridine rings is 1. The summed E-state index contributed by atoms with van der Waals surface area (Å²) in [6, 6.07) is 11.3. The zero-order valence-corrected chi connectivity index (χ0v) is 15.9. The lowest BCUT2D eigenvalue weighted by Crippen LogP contribution is -2.31. The van der Waals surface area contributed by atoms with Gasteiger partial charge in [0.25, 0.3) is 5.91 Å². The Hall–Kier alpha value is -3.19. The average molecular weight is 378 g/mol. The molecule has 2 aromatic heterocycles. The number of nitrogens with one attached hydrogen (secondary N) is 1. The Bertz CT molecular complexity index is 971. The molecule has 7 nitrogen and oxygen atoms in total. The highest BCUT2D eigenvalue weighted by atomic mass is 16.5. The molecule has 144 valence electrons. The van der Waals surface area contributed by atoms with Crippen molar-refractivity contribution in [1.82, 2.24) is 20.1 Å². The zero-order valence-electron chi connectivity index (χ0n) is 15.9. The minimum atomic E-state index is -0.243. The molecule has 1 N–H and O–H groups in total. The van der Waals surface area contributed by atoms with Crippen molar-refractivity contribution in [2.45, 2.75) is 12.5 Å². The number of nitrogens with zero attached hydrogens (tertiary/aromatic N) is 3. The molecule has 1 aliphatic rings. The summed E-state index contributed by atoms with van der Waals surface area (Å²) in [5, 5.41) is 7.43. The van der Waals surface area contributed by atoms with E-state index in [9.17, 15) is 4.79 Å². The molecule has 0 fully saturated rings. The van der Waals surface area contributed by atoms with E-state index in [-0.39, 0.29) is 11.9 Å². The molecular formula is C21H22N4O3. The summed E-state index contributed by atoms with van der Waals surface area (Å²) in [5.74, 6) is 0.690. The van der Waals surface area contributed by atoms with Crippen LogP contribution in [-0.4, -0.2) is 53.4 Å². The number of carbonyl (C=O) groups is 1. The molecule has 0 aliphatic carbocycles. The summed E-state index contributed by atoms with van der Waals surface area (Å²) >= 11 is 0. The van der Waals surface area contributed by atoms with E-state index < -0.39 is 0 Å². The first-order valence-corrected chi connectivity index (χ1v) is 9.17. The monoisotopic (exact) mass is 378 g/mol. The fraction of sp³-hybridized carbons (Fsp3) is 0.286. The van der Waals surface area contributed by atoms with Crippen molar-refractivity contribution in [2.24, 2.45) is 0 Å². The van der Waals surface area contributed by atoms with Crippen molar-refractivity contribution in [3.63, 3.8) is 0 Å². The van der Waals surface area contributed by atoms with Crippen LogP contribution >= 0.6 is 0 Å². The molecule has 1 unspecified atom stereocenters. The first-order chi connectivity index (χ1) is 13.7. The van der Waals surface area contributed by atoms with E-state index in [1.54, 1.807) is 26.6 Å². The summed E-state index contributed by atoms with van der Waals surface area (Å²) < 4.78 is 10.5. The van der Waals surface area contributed by atoms with Gasteiger partial charge in [-0.25, -0.2) is 0 Å². The maximum atomic E-state index is 13.1. The van der Waals surface area contributed by atoms with Crippen LogP contribution in [0.1, 0.15) is 34.1 Å². The Morgan fingerprint density at radius 1 is 1.21 bits per heavy atom. The standard InChI is InChI=1S/C21H22N4O3/c1-27-11-5-10-25-20(15-7-4-9-22-13-15)17-18(23-24-19(17)21(25)26)14-6-3-8-16(12-14)28-2/h3-4,6-9,12-13,20H,5,10-11H2,1-2H3,(H,23,24). The van der Waals surface area contributed by atoms with E-state index in [1.807, 2.05) is 41.3 Å². The molecule has 1 amide bonds.